The Morgan fingerprint density at radius 1 is 1.00 bits per heavy atom. The molecular weight excluding hydrogens is 448 g/mol. The first-order valence-electron chi connectivity index (χ1n) is 9.32. The summed E-state index contributed by atoms with van der Waals surface area (Å²) >= 11 is 5.11. The molecule has 0 amide bonds. The van der Waals surface area contributed by atoms with Gasteiger partial charge >= 0.3 is 0 Å². The van der Waals surface area contributed by atoms with Gasteiger partial charge in [-0.25, -0.2) is 0 Å². The van der Waals surface area contributed by atoms with Crippen LogP contribution in [-0.2, 0) is 6.61 Å². The number of ketones is 1. The van der Waals surface area contributed by atoms with Crippen molar-refractivity contribution in [2.24, 2.45) is 0 Å². The molecule has 0 saturated heterocycles. The number of thioether (sulfide) groups is 1. The number of allylic oxidation sites excluding steroid dienone is 1. The van der Waals surface area contributed by atoms with Crippen LogP contribution in [0.2, 0.25) is 0 Å². The molecule has 0 aliphatic carbocycles. The molecule has 0 fully saturated rings. The van der Waals surface area contributed by atoms with Crippen LogP contribution in [0.15, 0.2) is 81.0 Å². The summed E-state index contributed by atoms with van der Waals surface area (Å²) in [6, 6.07) is 21.5. The van der Waals surface area contributed by atoms with E-state index in [-0.39, 0.29) is 5.78 Å². The van der Waals surface area contributed by atoms with Crippen molar-refractivity contribution in [3.63, 3.8) is 0 Å². The highest BCUT2D eigenvalue weighted by Crippen LogP contribution is 2.42. The Bertz CT molecular complexity index is 1080. The van der Waals surface area contributed by atoms with E-state index in [1.807, 2.05) is 79.7 Å². The van der Waals surface area contributed by atoms with Gasteiger partial charge in [0, 0.05) is 10.5 Å². The molecule has 1 heterocycles. The molecule has 0 atom stereocenters. The SMILES string of the molecule is CCOc1cc(/C=C2\Sc3ccccc3C2=O)cc(Br)c1OCc1ccccc1. The van der Waals surface area contributed by atoms with Crippen LogP contribution < -0.4 is 9.47 Å². The minimum Gasteiger partial charge on any atom is -0.490 e. The molecule has 4 rings (SSSR count). The van der Waals surface area contributed by atoms with E-state index >= 15 is 0 Å². The Hall–Kier alpha value is -2.50. The molecular formula is C24H19BrO3S. The number of carbonyl (C=O) groups excluding carboxylic acids is 1. The first-order valence-corrected chi connectivity index (χ1v) is 10.9. The fraction of sp³-hybridized carbons (Fsp3) is 0.125. The minimum absolute atomic E-state index is 0.0593. The van der Waals surface area contributed by atoms with Gasteiger partial charge in [-0.05, 0) is 64.3 Å². The Morgan fingerprint density at radius 3 is 2.52 bits per heavy atom. The van der Waals surface area contributed by atoms with Crippen LogP contribution in [-0.4, -0.2) is 12.4 Å². The maximum Gasteiger partial charge on any atom is 0.200 e. The van der Waals surface area contributed by atoms with E-state index in [1.54, 1.807) is 0 Å². The number of hydrogen-bond donors (Lipinski definition) is 0. The summed E-state index contributed by atoms with van der Waals surface area (Å²) in [6.07, 6.45) is 1.90. The summed E-state index contributed by atoms with van der Waals surface area (Å²) in [7, 11) is 0. The van der Waals surface area contributed by atoms with Gasteiger partial charge < -0.3 is 9.47 Å². The van der Waals surface area contributed by atoms with Crippen LogP contribution in [0, 0.1) is 0 Å². The number of halogens is 1. The van der Waals surface area contributed by atoms with Crippen LogP contribution in [0.25, 0.3) is 6.08 Å². The molecule has 5 heteroatoms. The van der Waals surface area contributed by atoms with E-state index in [9.17, 15) is 4.79 Å². The Labute approximate surface area is 182 Å². The zero-order chi connectivity index (χ0) is 20.2. The standard InChI is InChI=1S/C24H19BrO3S/c1-2-27-20-13-17(14-22-23(26)18-10-6-7-11-21(18)29-22)12-19(25)24(20)28-15-16-8-4-3-5-9-16/h3-14H,2,15H2,1H3/b22-14-. The van der Waals surface area contributed by atoms with Crippen LogP contribution in [0.3, 0.4) is 0 Å². The largest absolute Gasteiger partial charge is 0.490 e. The third kappa shape index (κ3) is 4.41. The maximum absolute atomic E-state index is 12.7. The molecule has 0 bridgehead atoms. The molecule has 0 aromatic heterocycles. The van der Waals surface area contributed by atoms with Crippen molar-refractivity contribution in [3.8, 4) is 11.5 Å². The van der Waals surface area contributed by atoms with Gasteiger partial charge in [-0.1, -0.05) is 54.2 Å². The predicted molar refractivity (Wildman–Crippen MR) is 121 cm³/mol. The molecule has 29 heavy (non-hydrogen) atoms. The summed E-state index contributed by atoms with van der Waals surface area (Å²) < 4.78 is 12.7. The van der Waals surface area contributed by atoms with Crippen LogP contribution in [0.4, 0.5) is 0 Å². The molecule has 146 valence electrons. The summed E-state index contributed by atoms with van der Waals surface area (Å²) in [5.74, 6) is 1.37. The first-order chi connectivity index (χ1) is 14.2. The molecule has 0 saturated carbocycles. The summed E-state index contributed by atoms with van der Waals surface area (Å²) in [6.45, 7) is 2.91. The van der Waals surface area contributed by atoms with Crippen molar-refractivity contribution in [1.29, 1.82) is 0 Å². The second kappa shape index (κ2) is 8.89. The monoisotopic (exact) mass is 466 g/mol. The molecule has 0 unspecified atom stereocenters. The number of ether oxygens (including phenoxy) is 2. The Kier molecular flexibility index (Phi) is 6.07. The van der Waals surface area contributed by atoms with Gasteiger partial charge in [0.15, 0.2) is 11.5 Å². The van der Waals surface area contributed by atoms with E-state index < -0.39 is 0 Å². The van der Waals surface area contributed by atoms with E-state index in [0.717, 1.165) is 26.1 Å². The topological polar surface area (TPSA) is 35.5 Å². The lowest BCUT2D eigenvalue weighted by molar-refractivity contribution is 0.104. The molecule has 3 nitrogen and oxygen atoms in total. The van der Waals surface area contributed by atoms with Crippen molar-refractivity contribution in [3.05, 3.63) is 92.8 Å². The molecule has 1 aliphatic rings. The van der Waals surface area contributed by atoms with Gasteiger partial charge in [0.05, 0.1) is 16.0 Å². The predicted octanol–water partition coefficient (Wildman–Crippen LogP) is 6.76. The fourth-order valence-electron chi connectivity index (χ4n) is 3.09. The summed E-state index contributed by atoms with van der Waals surface area (Å²) in [5.41, 5.74) is 2.73. The fourth-order valence-corrected chi connectivity index (χ4v) is 4.72. The Balaban J connectivity index is 1.62. The highest BCUT2D eigenvalue weighted by Gasteiger charge is 2.25. The van der Waals surface area contributed by atoms with Gasteiger partial charge in [-0.15, -0.1) is 0 Å². The second-order valence-electron chi connectivity index (χ2n) is 6.47. The molecule has 0 radical (unpaired) electrons. The molecule has 1 aliphatic heterocycles. The average molecular weight is 467 g/mol. The maximum atomic E-state index is 12.7. The molecule has 3 aromatic rings. The number of hydrogen-bond acceptors (Lipinski definition) is 4. The average Bonchev–Trinajstić information content (AvgIpc) is 3.04. The second-order valence-corrected chi connectivity index (χ2v) is 8.41. The Morgan fingerprint density at radius 2 is 1.76 bits per heavy atom. The first kappa shape index (κ1) is 19.8. The van der Waals surface area contributed by atoms with E-state index in [0.29, 0.717) is 29.6 Å². The van der Waals surface area contributed by atoms with Gasteiger partial charge in [0.1, 0.15) is 6.61 Å². The van der Waals surface area contributed by atoms with Crippen molar-refractivity contribution < 1.29 is 14.3 Å². The van der Waals surface area contributed by atoms with E-state index in [2.05, 4.69) is 15.9 Å². The van der Waals surface area contributed by atoms with Crippen molar-refractivity contribution in [1.82, 2.24) is 0 Å². The minimum atomic E-state index is 0.0593. The van der Waals surface area contributed by atoms with Gasteiger partial charge in [0.25, 0.3) is 0 Å². The smallest absolute Gasteiger partial charge is 0.200 e. The zero-order valence-electron chi connectivity index (χ0n) is 15.9. The van der Waals surface area contributed by atoms with Gasteiger partial charge in [-0.3, -0.25) is 4.79 Å². The highest BCUT2D eigenvalue weighted by molar-refractivity contribution is 9.10. The number of rotatable bonds is 6. The highest BCUT2D eigenvalue weighted by atomic mass is 79.9. The normalized spacial score (nSPS) is 14.1. The van der Waals surface area contributed by atoms with Crippen molar-refractivity contribution in [2.45, 2.75) is 18.4 Å². The molecule has 0 spiro atoms. The van der Waals surface area contributed by atoms with Crippen molar-refractivity contribution >= 4 is 39.6 Å². The van der Waals surface area contributed by atoms with Crippen LogP contribution >= 0.6 is 27.7 Å². The number of fused-ring (bicyclic) bond motifs is 1. The van der Waals surface area contributed by atoms with Crippen LogP contribution in [0.5, 0.6) is 11.5 Å². The van der Waals surface area contributed by atoms with Crippen LogP contribution in [0.1, 0.15) is 28.4 Å². The number of carbonyl (C=O) groups is 1. The third-order valence-corrected chi connectivity index (χ3v) is 6.12. The quantitative estimate of drug-likeness (QED) is 0.376. The molecule has 0 N–H and O–H groups in total. The number of Topliss-reactive ketones (excluding diaryl/α,β-unsaturated/α-hetero) is 1. The zero-order valence-corrected chi connectivity index (χ0v) is 18.3. The van der Waals surface area contributed by atoms with Gasteiger partial charge in [0.2, 0.25) is 5.78 Å². The lowest BCUT2D eigenvalue weighted by Gasteiger charge is -2.15. The summed E-state index contributed by atoms with van der Waals surface area (Å²) in [5, 5.41) is 0. The lowest BCUT2D eigenvalue weighted by atomic mass is 10.1. The third-order valence-electron chi connectivity index (χ3n) is 4.43. The lowest BCUT2D eigenvalue weighted by Crippen LogP contribution is -2.01. The summed E-state index contributed by atoms with van der Waals surface area (Å²) in [4.78, 5) is 14.4. The van der Waals surface area contributed by atoms with Crippen molar-refractivity contribution in [2.75, 3.05) is 6.61 Å². The van der Waals surface area contributed by atoms with Gasteiger partial charge in [-0.2, -0.15) is 0 Å². The number of benzene rings is 3. The molecule has 3 aromatic carbocycles. The van der Waals surface area contributed by atoms with E-state index in [1.165, 1.54) is 11.8 Å². The van der Waals surface area contributed by atoms with E-state index in [4.69, 9.17) is 9.47 Å².